The number of hydrogen-bond acceptors (Lipinski definition) is 6. The van der Waals surface area contributed by atoms with E-state index in [0.717, 1.165) is 5.69 Å². The second-order valence-electron chi connectivity index (χ2n) is 9.07. The fourth-order valence-corrected chi connectivity index (χ4v) is 3.72. The van der Waals surface area contributed by atoms with Crippen LogP contribution in [0.1, 0.15) is 44.5 Å². The number of carbonyl (C=O) groups excluding carboxylic acids is 2. The van der Waals surface area contributed by atoms with Crippen LogP contribution in [0, 0.1) is 0 Å². The highest BCUT2D eigenvalue weighted by molar-refractivity contribution is 5.99. The molecule has 1 aromatic heterocycles. The lowest BCUT2D eigenvalue weighted by atomic mass is 9.84. The Morgan fingerprint density at radius 1 is 0.912 bits per heavy atom. The first-order chi connectivity index (χ1) is 16.2. The van der Waals surface area contributed by atoms with Crippen LogP contribution in [-0.2, 0) is 15.1 Å². The number of ether oxygens (including phenoxy) is 1. The Bertz CT molecular complexity index is 1170. The lowest BCUT2D eigenvalue weighted by Gasteiger charge is -2.25. The Hall–Kier alpha value is -4.07. The largest absolute Gasteiger partial charge is 0.444 e. The molecule has 0 bridgehead atoms. The monoisotopic (exact) mass is 457 g/mol. The van der Waals surface area contributed by atoms with Crippen LogP contribution >= 0.6 is 0 Å². The predicted molar refractivity (Wildman–Crippen MR) is 129 cm³/mol. The molecule has 1 aliphatic heterocycles. The molecule has 0 spiro atoms. The minimum atomic E-state index is -1.23. The third-order valence-electron chi connectivity index (χ3n) is 5.30. The average Bonchev–Trinajstić information content (AvgIpc) is 3.26. The van der Waals surface area contributed by atoms with Gasteiger partial charge in [0.1, 0.15) is 11.6 Å². The zero-order valence-corrected chi connectivity index (χ0v) is 19.4. The number of amides is 2. The number of benzene rings is 2. The lowest BCUT2D eigenvalue weighted by molar-refractivity contribution is -0.121. The summed E-state index contributed by atoms with van der Waals surface area (Å²) in [4.78, 5) is 30.1. The number of carbonyl (C=O) groups is 2. The number of pyridine rings is 1. The second-order valence-corrected chi connectivity index (χ2v) is 9.07. The molecule has 8 nitrogen and oxygen atoms in total. The molecule has 2 atom stereocenters. The molecule has 2 unspecified atom stereocenters. The van der Waals surface area contributed by atoms with Gasteiger partial charge in [0.05, 0.1) is 5.69 Å². The molecule has 34 heavy (non-hydrogen) atoms. The first kappa shape index (κ1) is 23.1. The van der Waals surface area contributed by atoms with Crippen molar-refractivity contribution in [3.05, 3.63) is 90.3 Å². The number of hydrogen-bond donors (Lipinski definition) is 2. The van der Waals surface area contributed by atoms with Crippen LogP contribution < -0.4 is 10.6 Å². The molecule has 0 saturated carbocycles. The molecule has 2 heterocycles. The highest BCUT2D eigenvalue weighted by atomic mass is 16.6. The van der Waals surface area contributed by atoms with Crippen LogP contribution in [0.4, 0.5) is 16.2 Å². The number of azo groups is 1. The highest BCUT2D eigenvalue weighted by Gasteiger charge is 2.47. The zero-order valence-electron chi connectivity index (χ0n) is 19.4. The number of para-hydroxylation sites is 1. The molecule has 2 aromatic carbocycles. The molecular weight excluding hydrogens is 430 g/mol. The van der Waals surface area contributed by atoms with E-state index in [1.165, 1.54) is 0 Å². The Labute approximate surface area is 198 Å². The minimum absolute atomic E-state index is 0.284. The van der Waals surface area contributed by atoms with Crippen molar-refractivity contribution < 1.29 is 14.3 Å². The number of anilines is 2. The third-order valence-corrected chi connectivity index (χ3v) is 5.30. The topological polar surface area (TPSA) is 105 Å². The number of rotatable bonds is 5. The van der Waals surface area contributed by atoms with Gasteiger partial charge in [0.15, 0.2) is 5.54 Å². The van der Waals surface area contributed by atoms with E-state index < -0.39 is 17.2 Å². The van der Waals surface area contributed by atoms with Crippen molar-refractivity contribution in [2.75, 3.05) is 10.6 Å². The minimum Gasteiger partial charge on any atom is -0.444 e. The van der Waals surface area contributed by atoms with Crippen molar-refractivity contribution in [2.45, 2.75) is 44.4 Å². The van der Waals surface area contributed by atoms with Gasteiger partial charge in [-0.05, 0) is 62.7 Å². The van der Waals surface area contributed by atoms with E-state index in [1.807, 2.05) is 48.5 Å². The van der Waals surface area contributed by atoms with Crippen LogP contribution in [0.2, 0.25) is 0 Å². The van der Waals surface area contributed by atoms with Gasteiger partial charge < -0.3 is 10.1 Å². The number of nitrogens with zero attached hydrogens (tertiary/aromatic N) is 3. The van der Waals surface area contributed by atoms with E-state index in [0.29, 0.717) is 23.4 Å². The maximum absolute atomic E-state index is 13.6. The summed E-state index contributed by atoms with van der Waals surface area (Å²) >= 11 is 0. The molecule has 0 radical (unpaired) electrons. The fourth-order valence-electron chi connectivity index (χ4n) is 3.72. The van der Waals surface area contributed by atoms with Crippen molar-refractivity contribution in [3.8, 4) is 0 Å². The quantitative estimate of drug-likeness (QED) is 0.500. The van der Waals surface area contributed by atoms with Crippen LogP contribution in [0.3, 0.4) is 0 Å². The summed E-state index contributed by atoms with van der Waals surface area (Å²) in [6.07, 6.45) is 1.49. The summed E-state index contributed by atoms with van der Waals surface area (Å²) in [6, 6.07) is 21.5. The molecule has 0 aliphatic carbocycles. The van der Waals surface area contributed by atoms with Gasteiger partial charge in [0.25, 0.3) is 5.91 Å². The summed E-state index contributed by atoms with van der Waals surface area (Å²) in [5, 5.41) is 14.6. The van der Waals surface area contributed by atoms with Crippen LogP contribution in [0.15, 0.2) is 89.2 Å². The van der Waals surface area contributed by atoms with Gasteiger partial charge >= 0.3 is 6.09 Å². The molecule has 1 aliphatic rings. The Morgan fingerprint density at radius 3 is 2.24 bits per heavy atom. The van der Waals surface area contributed by atoms with E-state index in [2.05, 4.69) is 25.8 Å². The molecule has 2 N–H and O–H groups in total. The maximum Gasteiger partial charge on any atom is 0.412 e. The van der Waals surface area contributed by atoms with E-state index >= 15 is 0 Å². The molecule has 2 amide bonds. The lowest BCUT2D eigenvalue weighted by Crippen LogP contribution is -2.37. The van der Waals surface area contributed by atoms with Crippen molar-refractivity contribution >= 4 is 23.4 Å². The smallest absolute Gasteiger partial charge is 0.412 e. The van der Waals surface area contributed by atoms with Gasteiger partial charge in [-0.3, -0.25) is 15.1 Å². The molecule has 3 aromatic rings. The van der Waals surface area contributed by atoms with Crippen molar-refractivity contribution in [1.29, 1.82) is 0 Å². The van der Waals surface area contributed by atoms with E-state index in [4.69, 9.17) is 4.74 Å². The standard InChI is InChI=1S/C26H27N5O3/c1-25(2,3)34-24(33)29-20-14-12-18(13-15-20)26(23(32)28-19-9-5-4-6-10-19)17-22(30-31-26)21-11-7-8-16-27-21/h4-16,22H,17H2,1-3H3,(H,28,32)(H,29,33). The van der Waals surface area contributed by atoms with Crippen molar-refractivity contribution in [3.63, 3.8) is 0 Å². The van der Waals surface area contributed by atoms with Crippen molar-refractivity contribution in [1.82, 2.24) is 4.98 Å². The summed E-state index contributed by atoms with van der Waals surface area (Å²) in [5.41, 5.74) is 0.803. The molecule has 4 rings (SSSR count). The van der Waals surface area contributed by atoms with Crippen LogP contribution in [0.5, 0.6) is 0 Å². The SMILES string of the molecule is CC(C)(C)OC(=O)Nc1ccc(C2(C(=O)Nc3ccccc3)CC(c3ccccn3)N=N2)cc1. The predicted octanol–water partition coefficient (Wildman–Crippen LogP) is 5.86. The average molecular weight is 458 g/mol. The normalized spacial score (nSPS) is 19.4. The summed E-state index contributed by atoms with van der Waals surface area (Å²) < 4.78 is 5.30. The van der Waals surface area contributed by atoms with Gasteiger partial charge in [-0.1, -0.05) is 36.4 Å². The van der Waals surface area contributed by atoms with Crippen molar-refractivity contribution in [2.24, 2.45) is 10.2 Å². The van der Waals surface area contributed by atoms with Crippen LogP contribution in [0.25, 0.3) is 0 Å². The van der Waals surface area contributed by atoms with Gasteiger partial charge in [-0.2, -0.15) is 10.2 Å². The second kappa shape index (κ2) is 9.43. The highest BCUT2D eigenvalue weighted by Crippen LogP contribution is 2.44. The Balaban J connectivity index is 1.60. The first-order valence-electron chi connectivity index (χ1n) is 11.1. The number of nitrogens with one attached hydrogen (secondary N) is 2. The Morgan fingerprint density at radius 2 is 1.59 bits per heavy atom. The Kier molecular flexibility index (Phi) is 6.40. The number of aromatic nitrogens is 1. The molecule has 174 valence electrons. The first-order valence-corrected chi connectivity index (χ1v) is 11.1. The molecular formula is C26H27N5O3. The zero-order chi connectivity index (χ0) is 24.2. The third kappa shape index (κ3) is 5.28. The molecule has 8 heteroatoms. The summed E-state index contributed by atoms with van der Waals surface area (Å²) in [6.45, 7) is 5.40. The maximum atomic E-state index is 13.6. The summed E-state index contributed by atoms with van der Waals surface area (Å²) in [7, 11) is 0. The van der Waals surface area contributed by atoms with E-state index in [9.17, 15) is 9.59 Å². The van der Waals surface area contributed by atoms with Gasteiger partial charge in [-0.15, -0.1) is 0 Å². The van der Waals surface area contributed by atoms with Gasteiger partial charge in [-0.25, -0.2) is 4.79 Å². The van der Waals surface area contributed by atoms with Crippen LogP contribution in [-0.4, -0.2) is 22.6 Å². The molecule has 0 fully saturated rings. The van der Waals surface area contributed by atoms with E-state index in [-0.39, 0.29) is 11.9 Å². The van der Waals surface area contributed by atoms with E-state index in [1.54, 1.807) is 51.2 Å². The van der Waals surface area contributed by atoms with Gasteiger partial charge in [0.2, 0.25) is 0 Å². The summed E-state index contributed by atoms with van der Waals surface area (Å²) in [5.74, 6) is -0.284. The van der Waals surface area contributed by atoms with Gasteiger partial charge in [0, 0.05) is 24.0 Å². The molecule has 0 saturated heterocycles. The fraction of sp³-hybridized carbons (Fsp3) is 0.269.